The fraction of sp³-hybridized carbons (Fsp3) is 0.500. The first-order chi connectivity index (χ1) is 7.83. The van der Waals surface area contributed by atoms with Crippen LogP contribution in [0.3, 0.4) is 0 Å². The number of unbranched alkanes of at least 4 members (excludes halogenated alkanes) is 3. The molecular formula is C12H16N2OS. The third-order valence-corrected chi connectivity index (χ3v) is 3.59. The Hall–Kier alpha value is -1.16. The topological polar surface area (TPSA) is 34.4 Å². The zero-order valence-corrected chi connectivity index (χ0v) is 10.3. The molecule has 0 fully saturated rings. The van der Waals surface area contributed by atoms with Crippen molar-refractivity contribution in [2.24, 2.45) is 4.99 Å². The van der Waals surface area contributed by atoms with E-state index in [1.165, 1.54) is 30.6 Å². The van der Waals surface area contributed by atoms with Crippen molar-refractivity contribution in [3.05, 3.63) is 32.0 Å². The number of rotatable bonds is 4. The average Bonchev–Trinajstić information content (AvgIpc) is 2.63. The van der Waals surface area contributed by atoms with Crippen LogP contribution in [0.1, 0.15) is 32.6 Å². The van der Waals surface area contributed by atoms with Crippen molar-refractivity contribution < 1.29 is 0 Å². The number of thiazole rings is 1. The molecule has 0 spiro atoms. The molecule has 1 aliphatic rings. The summed E-state index contributed by atoms with van der Waals surface area (Å²) in [6.45, 7) is 2.86. The van der Waals surface area contributed by atoms with Crippen molar-refractivity contribution in [1.82, 2.24) is 4.57 Å². The number of hydrogen-bond donors (Lipinski definition) is 0. The van der Waals surface area contributed by atoms with Gasteiger partial charge in [0.1, 0.15) is 0 Å². The molecule has 2 heterocycles. The van der Waals surface area contributed by atoms with E-state index < -0.39 is 0 Å². The third kappa shape index (κ3) is 2.32. The van der Waals surface area contributed by atoms with Gasteiger partial charge in [-0.25, -0.2) is 4.99 Å². The van der Waals surface area contributed by atoms with Crippen molar-refractivity contribution in [2.45, 2.75) is 39.2 Å². The van der Waals surface area contributed by atoms with Gasteiger partial charge in [-0.15, -0.1) is 0 Å². The molecule has 0 atom stereocenters. The fourth-order valence-electron chi connectivity index (χ4n) is 1.74. The number of aromatic nitrogens is 1. The number of nitrogens with zero attached hydrogens (tertiary/aromatic N) is 2. The highest BCUT2D eigenvalue weighted by Crippen LogP contribution is 1.99. The third-order valence-electron chi connectivity index (χ3n) is 2.62. The number of allylic oxidation sites excluding steroid dienone is 1. The summed E-state index contributed by atoms with van der Waals surface area (Å²) < 4.78 is 2.77. The molecule has 16 heavy (non-hydrogen) atoms. The average molecular weight is 236 g/mol. The van der Waals surface area contributed by atoms with Gasteiger partial charge in [0, 0.05) is 12.7 Å². The number of fused-ring (bicyclic) bond motifs is 1. The standard InChI is InChI=1S/C12H16N2OS/c1-2-3-4-5-7-10-11-13-8-6-9-14(11)12(15)16-10/h6-8H,2-5,9H2,1H3/b10-7-. The molecule has 1 aliphatic heterocycles. The van der Waals surface area contributed by atoms with Crippen molar-refractivity contribution in [1.29, 1.82) is 0 Å². The monoisotopic (exact) mass is 236 g/mol. The lowest BCUT2D eigenvalue weighted by Gasteiger charge is -1.98. The smallest absolute Gasteiger partial charge is 0.279 e. The SMILES string of the molecule is CCCCC/C=c1\sc(=O)n2c1=NC=CC2. The van der Waals surface area contributed by atoms with Gasteiger partial charge in [-0.2, -0.15) is 0 Å². The van der Waals surface area contributed by atoms with E-state index in [2.05, 4.69) is 18.0 Å². The summed E-state index contributed by atoms with van der Waals surface area (Å²) in [6.07, 6.45) is 10.5. The van der Waals surface area contributed by atoms with Crippen LogP contribution < -0.4 is 14.9 Å². The molecule has 86 valence electrons. The van der Waals surface area contributed by atoms with Crippen LogP contribution in [0.4, 0.5) is 0 Å². The molecule has 0 radical (unpaired) electrons. The van der Waals surface area contributed by atoms with E-state index in [0.717, 1.165) is 16.4 Å². The van der Waals surface area contributed by atoms with Gasteiger partial charge in [-0.1, -0.05) is 37.2 Å². The minimum Gasteiger partial charge on any atom is -0.279 e. The zero-order valence-electron chi connectivity index (χ0n) is 9.48. The van der Waals surface area contributed by atoms with Gasteiger partial charge in [0.25, 0.3) is 0 Å². The Balaban J connectivity index is 2.29. The quantitative estimate of drug-likeness (QED) is 0.728. The second-order valence-electron chi connectivity index (χ2n) is 3.88. The van der Waals surface area contributed by atoms with Gasteiger partial charge < -0.3 is 0 Å². The summed E-state index contributed by atoms with van der Waals surface area (Å²) in [6, 6.07) is 0. The van der Waals surface area contributed by atoms with Crippen LogP contribution in [0.5, 0.6) is 0 Å². The van der Waals surface area contributed by atoms with Crippen molar-refractivity contribution in [3.63, 3.8) is 0 Å². The zero-order chi connectivity index (χ0) is 11.4. The van der Waals surface area contributed by atoms with E-state index in [0.29, 0.717) is 6.54 Å². The van der Waals surface area contributed by atoms with Crippen LogP contribution in [0.15, 0.2) is 22.1 Å². The normalized spacial score (nSPS) is 14.9. The molecule has 0 saturated heterocycles. The first kappa shape index (κ1) is 11.3. The van der Waals surface area contributed by atoms with Crippen LogP contribution in [-0.2, 0) is 6.54 Å². The molecule has 1 aromatic heterocycles. The Kier molecular flexibility index (Phi) is 3.72. The molecule has 3 nitrogen and oxygen atoms in total. The lowest BCUT2D eigenvalue weighted by Crippen LogP contribution is -2.33. The van der Waals surface area contributed by atoms with Crippen LogP contribution in [0.25, 0.3) is 6.08 Å². The molecule has 0 unspecified atom stereocenters. The fourth-order valence-corrected chi connectivity index (χ4v) is 2.66. The predicted molar refractivity (Wildman–Crippen MR) is 67.1 cm³/mol. The summed E-state index contributed by atoms with van der Waals surface area (Å²) in [5.74, 6) is 0. The Morgan fingerprint density at radius 1 is 1.56 bits per heavy atom. The predicted octanol–water partition coefficient (Wildman–Crippen LogP) is 1.42. The highest BCUT2D eigenvalue weighted by molar-refractivity contribution is 7.07. The van der Waals surface area contributed by atoms with Gasteiger partial charge in [-0.05, 0) is 18.9 Å². The first-order valence-corrected chi connectivity index (χ1v) is 6.57. The Morgan fingerprint density at radius 3 is 3.25 bits per heavy atom. The van der Waals surface area contributed by atoms with Crippen molar-refractivity contribution in [2.75, 3.05) is 0 Å². The van der Waals surface area contributed by atoms with Crippen molar-refractivity contribution in [3.8, 4) is 0 Å². The van der Waals surface area contributed by atoms with E-state index in [4.69, 9.17) is 0 Å². The highest BCUT2D eigenvalue weighted by atomic mass is 32.1. The molecule has 1 aromatic rings. The maximum atomic E-state index is 11.6. The summed E-state index contributed by atoms with van der Waals surface area (Å²) in [5, 5.41) is 0. The molecule has 0 aliphatic carbocycles. The maximum absolute atomic E-state index is 11.6. The van der Waals surface area contributed by atoms with E-state index in [9.17, 15) is 4.79 Å². The molecule has 0 N–H and O–H groups in total. The van der Waals surface area contributed by atoms with Gasteiger partial charge in [-0.3, -0.25) is 9.36 Å². The maximum Gasteiger partial charge on any atom is 0.309 e. The van der Waals surface area contributed by atoms with Crippen LogP contribution in [0.2, 0.25) is 0 Å². The van der Waals surface area contributed by atoms with E-state index >= 15 is 0 Å². The number of hydrogen-bond acceptors (Lipinski definition) is 3. The second kappa shape index (κ2) is 5.25. The van der Waals surface area contributed by atoms with Crippen molar-refractivity contribution >= 4 is 17.4 Å². The van der Waals surface area contributed by atoms with Gasteiger partial charge in [0.15, 0.2) is 5.49 Å². The Morgan fingerprint density at radius 2 is 2.44 bits per heavy atom. The molecule has 0 saturated carbocycles. The van der Waals surface area contributed by atoms with Gasteiger partial charge >= 0.3 is 4.87 Å². The second-order valence-corrected chi connectivity index (χ2v) is 4.87. The van der Waals surface area contributed by atoms with E-state index in [1.54, 1.807) is 10.8 Å². The molecule has 4 heteroatoms. The van der Waals surface area contributed by atoms with E-state index in [-0.39, 0.29) is 4.87 Å². The van der Waals surface area contributed by atoms with Crippen LogP contribution >= 0.6 is 11.3 Å². The lowest BCUT2D eigenvalue weighted by atomic mass is 10.2. The largest absolute Gasteiger partial charge is 0.309 e. The molecule has 0 aromatic carbocycles. The minimum absolute atomic E-state index is 0.102. The summed E-state index contributed by atoms with van der Waals surface area (Å²) in [5.41, 5.74) is 0.842. The molecule has 0 bridgehead atoms. The van der Waals surface area contributed by atoms with Gasteiger partial charge in [0.05, 0.1) is 4.53 Å². The van der Waals surface area contributed by atoms with E-state index in [1.807, 2.05) is 6.08 Å². The minimum atomic E-state index is 0.102. The lowest BCUT2D eigenvalue weighted by molar-refractivity contribution is 0.730. The summed E-state index contributed by atoms with van der Waals surface area (Å²) >= 11 is 1.31. The molecule has 0 amide bonds. The van der Waals surface area contributed by atoms with Crippen LogP contribution in [0, 0.1) is 0 Å². The van der Waals surface area contributed by atoms with Crippen LogP contribution in [-0.4, -0.2) is 4.57 Å². The van der Waals surface area contributed by atoms with Gasteiger partial charge in [0.2, 0.25) is 0 Å². The Bertz CT molecular complexity index is 551. The summed E-state index contributed by atoms with van der Waals surface area (Å²) in [7, 11) is 0. The first-order valence-electron chi connectivity index (χ1n) is 5.75. The Labute approximate surface area is 98.5 Å². The molecule has 2 rings (SSSR count). The highest BCUT2D eigenvalue weighted by Gasteiger charge is 2.04. The molecular weight excluding hydrogens is 220 g/mol. The summed E-state index contributed by atoms with van der Waals surface area (Å²) in [4.78, 5) is 16.0.